The number of amides is 1. The maximum Gasteiger partial charge on any atom is 0.224 e. The van der Waals surface area contributed by atoms with Crippen LogP contribution in [0.5, 0.6) is 0 Å². The Morgan fingerprint density at radius 2 is 1.73 bits per heavy atom. The van der Waals surface area contributed by atoms with E-state index in [0.717, 1.165) is 29.9 Å². The van der Waals surface area contributed by atoms with Gasteiger partial charge in [-0.2, -0.15) is 0 Å². The van der Waals surface area contributed by atoms with Crippen LogP contribution in [0.15, 0.2) is 72.9 Å². The molecule has 0 aliphatic carbocycles. The van der Waals surface area contributed by atoms with Crippen LogP contribution in [0, 0.1) is 0 Å². The van der Waals surface area contributed by atoms with Crippen molar-refractivity contribution in [3.8, 4) is 0 Å². The zero-order chi connectivity index (χ0) is 18.2. The molecule has 3 rings (SSSR count). The van der Waals surface area contributed by atoms with Crippen LogP contribution in [0.1, 0.15) is 24.5 Å². The quantitative estimate of drug-likeness (QED) is 0.636. The molecule has 2 N–H and O–H groups in total. The maximum absolute atomic E-state index is 12.1. The number of nitrogens with one attached hydrogen (secondary N) is 2. The fourth-order valence-corrected chi connectivity index (χ4v) is 2.76. The molecule has 1 heterocycles. The second-order valence-electron chi connectivity index (χ2n) is 6.10. The monoisotopic (exact) mass is 345 g/mol. The van der Waals surface area contributed by atoms with Crippen molar-refractivity contribution in [3.63, 3.8) is 0 Å². The van der Waals surface area contributed by atoms with E-state index in [1.54, 1.807) is 6.20 Å². The lowest BCUT2D eigenvalue weighted by Gasteiger charge is -2.11. The van der Waals surface area contributed by atoms with Crippen LogP contribution in [0.2, 0.25) is 0 Å². The van der Waals surface area contributed by atoms with Crippen molar-refractivity contribution >= 4 is 23.1 Å². The fourth-order valence-electron chi connectivity index (χ4n) is 2.76. The Labute approximate surface area is 154 Å². The largest absolute Gasteiger partial charge is 0.340 e. The lowest BCUT2D eigenvalue weighted by molar-refractivity contribution is -0.116. The van der Waals surface area contributed by atoms with Gasteiger partial charge in [-0.25, -0.2) is 4.98 Å². The summed E-state index contributed by atoms with van der Waals surface area (Å²) < 4.78 is 0. The van der Waals surface area contributed by atoms with E-state index in [1.807, 2.05) is 60.7 Å². The molecule has 0 aliphatic rings. The first-order chi connectivity index (χ1) is 12.7. The van der Waals surface area contributed by atoms with Crippen molar-refractivity contribution in [2.24, 2.45) is 0 Å². The van der Waals surface area contributed by atoms with Crippen molar-refractivity contribution in [2.75, 3.05) is 10.6 Å². The number of hydrogen-bond acceptors (Lipinski definition) is 3. The summed E-state index contributed by atoms with van der Waals surface area (Å²) in [5.74, 6) is 0.751. The zero-order valence-corrected chi connectivity index (χ0v) is 14.9. The molecule has 1 amide bonds. The van der Waals surface area contributed by atoms with Crippen LogP contribution in [-0.2, 0) is 17.6 Å². The van der Waals surface area contributed by atoms with E-state index >= 15 is 0 Å². The average molecular weight is 345 g/mol. The first-order valence-corrected chi connectivity index (χ1v) is 8.89. The number of para-hydroxylation sites is 1. The van der Waals surface area contributed by atoms with Crippen molar-refractivity contribution in [1.29, 1.82) is 0 Å². The van der Waals surface area contributed by atoms with E-state index in [4.69, 9.17) is 0 Å². The smallest absolute Gasteiger partial charge is 0.224 e. The number of anilines is 3. The van der Waals surface area contributed by atoms with Crippen molar-refractivity contribution < 1.29 is 4.79 Å². The normalized spacial score (nSPS) is 10.3. The lowest BCUT2D eigenvalue weighted by atomic mass is 10.1. The molecule has 0 bridgehead atoms. The molecule has 2 aromatic carbocycles. The SMILES string of the molecule is CCc1ccccc1Nc1ccc(NC(=O)CCc2ccccc2)cn1. The Bertz CT molecular complexity index is 845. The van der Waals surface area contributed by atoms with Gasteiger partial charge in [0.1, 0.15) is 5.82 Å². The molecule has 0 atom stereocenters. The second-order valence-corrected chi connectivity index (χ2v) is 6.10. The number of pyridine rings is 1. The Morgan fingerprint density at radius 3 is 2.46 bits per heavy atom. The van der Waals surface area contributed by atoms with Gasteiger partial charge >= 0.3 is 0 Å². The predicted octanol–water partition coefficient (Wildman–Crippen LogP) is 4.96. The lowest BCUT2D eigenvalue weighted by Crippen LogP contribution is -2.12. The van der Waals surface area contributed by atoms with Crippen LogP contribution >= 0.6 is 0 Å². The highest BCUT2D eigenvalue weighted by molar-refractivity contribution is 5.90. The maximum atomic E-state index is 12.1. The van der Waals surface area contributed by atoms with Gasteiger partial charge in [-0.15, -0.1) is 0 Å². The van der Waals surface area contributed by atoms with Gasteiger partial charge in [-0.3, -0.25) is 4.79 Å². The summed E-state index contributed by atoms with van der Waals surface area (Å²) in [6.07, 6.45) is 3.82. The topological polar surface area (TPSA) is 54.0 Å². The molecule has 4 nitrogen and oxygen atoms in total. The molecular formula is C22H23N3O. The van der Waals surface area contributed by atoms with E-state index in [-0.39, 0.29) is 5.91 Å². The molecule has 0 unspecified atom stereocenters. The summed E-state index contributed by atoms with van der Waals surface area (Å²) in [7, 11) is 0. The van der Waals surface area contributed by atoms with Gasteiger partial charge in [-0.1, -0.05) is 55.5 Å². The average Bonchev–Trinajstić information content (AvgIpc) is 2.69. The molecule has 1 aromatic heterocycles. The standard InChI is InChI=1S/C22H23N3O/c1-2-18-10-6-7-11-20(18)25-21-14-13-19(16-23-21)24-22(26)15-12-17-8-4-3-5-9-17/h3-11,13-14,16H,2,12,15H2,1H3,(H,23,25)(H,24,26). The molecule has 0 saturated heterocycles. The molecule has 3 aromatic rings. The van der Waals surface area contributed by atoms with Gasteiger partial charge in [0, 0.05) is 12.1 Å². The Balaban J connectivity index is 1.55. The Kier molecular flexibility index (Phi) is 5.99. The summed E-state index contributed by atoms with van der Waals surface area (Å²) in [5.41, 5.74) is 4.17. The molecule has 26 heavy (non-hydrogen) atoms. The molecule has 4 heteroatoms. The molecule has 0 spiro atoms. The number of benzene rings is 2. The van der Waals surface area contributed by atoms with E-state index < -0.39 is 0 Å². The number of rotatable bonds is 7. The van der Waals surface area contributed by atoms with Crippen LogP contribution < -0.4 is 10.6 Å². The van der Waals surface area contributed by atoms with Gasteiger partial charge in [0.2, 0.25) is 5.91 Å². The minimum absolute atomic E-state index is 0.00677. The molecule has 0 fully saturated rings. The minimum Gasteiger partial charge on any atom is -0.340 e. The van der Waals surface area contributed by atoms with Crippen molar-refractivity contribution in [1.82, 2.24) is 4.98 Å². The number of hydrogen-bond donors (Lipinski definition) is 2. The molecule has 132 valence electrons. The minimum atomic E-state index is -0.00677. The highest BCUT2D eigenvalue weighted by atomic mass is 16.1. The van der Waals surface area contributed by atoms with Gasteiger partial charge in [0.05, 0.1) is 11.9 Å². The first-order valence-electron chi connectivity index (χ1n) is 8.89. The van der Waals surface area contributed by atoms with Gasteiger partial charge in [0.25, 0.3) is 0 Å². The third-order valence-corrected chi connectivity index (χ3v) is 4.19. The molecular weight excluding hydrogens is 322 g/mol. The van der Waals surface area contributed by atoms with Crippen molar-refractivity contribution in [2.45, 2.75) is 26.2 Å². The second kappa shape index (κ2) is 8.81. The van der Waals surface area contributed by atoms with Crippen LogP contribution in [0.25, 0.3) is 0 Å². The van der Waals surface area contributed by atoms with E-state index in [9.17, 15) is 4.79 Å². The highest BCUT2D eigenvalue weighted by Gasteiger charge is 2.05. The van der Waals surface area contributed by atoms with E-state index in [1.165, 1.54) is 5.56 Å². The predicted molar refractivity (Wildman–Crippen MR) is 107 cm³/mol. The summed E-state index contributed by atoms with van der Waals surface area (Å²) in [5, 5.41) is 6.22. The van der Waals surface area contributed by atoms with E-state index in [0.29, 0.717) is 12.1 Å². The molecule has 0 saturated carbocycles. The number of aryl methyl sites for hydroxylation is 2. The summed E-state index contributed by atoms with van der Waals surface area (Å²) in [6.45, 7) is 2.13. The van der Waals surface area contributed by atoms with Crippen molar-refractivity contribution in [3.05, 3.63) is 84.1 Å². The van der Waals surface area contributed by atoms with Crippen LogP contribution in [0.3, 0.4) is 0 Å². The van der Waals surface area contributed by atoms with Crippen LogP contribution in [-0.4, -0.2) is 10.9 Å². The Hall–Kier alpha value is -3.14. The summed E-state index contributed by atoms with van der Waals surface area (Å²) >= 11 is 0. The number of carbonyl (C=O) groups is 1. The van der Waals surface area contributed by atoms with Gasteiger partial charge < -0.3 is 10.6 Å². The van der Waals surface area contributed by atoms with E-state index in [2.05, 4.69) is 28.6 Å². The molecule has 0 aliphatic heterocycles. The first kappa shape index (κ1) is 17.7. The number of carbonyl (C=O) groups excluding carboxylic acids is 1. The Morgan fingerprint density at radius 1 is 0.962 bits per heavy atom. The number of aromatic nitrogens is 1. The van der Waals surface area contributed by atoms with Gasteiger partial charge in [0.15, 0.2) is 0 Å². The summed E-state index contributed by atoms with van der Waals surface area (Å²) in [6, 6.07) is 21.9. The zero-order valence-electron chi connectivity index (χ0n) is 14.9. The summed E-state index contributed by atoms with van der Waals surface area (Å²) in [4.78, 5) is 16.5. The third kappa shape index (κ3) is 4.93. The van der Waals surface area contributed by atoms with Gasteiger partial charge in [-0.05, 0) is 42.2 Å². The van der Waals surface area contributed by atoms with Crippen LogP contribution in [0.4, 0.5) is 17.2 Å². The fraction of sp³-hybridized carbons (Fsp3) is 0.182. The highest BCUT2D eigenvalue weighted by Crippen LogP contribution is 2.20. The number of nitrogens with zero attached hydrogens (tertiary/aromatic N) is 1. The molecule has 0 radical (unpaired) electrons. The third-order valence-electron chi connectivity index (χ3n) is 4.19.